The summed E-state index contributed by atoms with van der Waals surface area (Å²) in [5.41, 5.74) is 2.73. The van der Waals surface area contributed by atoms with Gasteiger partial charge in [0, 0.05) is 5.56 Å². The van der Waals surface area contributed by atoms with Gasteiger partial charge in [0.2, 0.25) is 0 Å². The fraction of sp³-hybridized carbons (Fsp3) is 0.600. The van der Waals surface area contributed by atoms with E-state index in [1.54, 1.807) is 0 Å². The van der Waals surface area contributed by atoms with Crippen LogP contribution in [0.15, 0.2) is 18.2 Å². The van der Waals surface area contributed by atoms with Gasteiger partial charge in [0.15, 0.2) is 0 Å². The Kier molecular flexibility index (Phi) is 5.28. The molecule has 1 aromatic rings. The van der Waals surface area contributed by atoms with Gasteiger partial charge < -0.3 is 0 Å². The van der Waals surface area contributed by atoms with E-state index in [-0.39, 0.29) is 11.5 Å². The Morgan fingerprint density at radius 2 is 1.53 bits per heavy atom. The van der Waals surface area contributed by atoms with Crippen LogP contribution in [0.2, 0.25) is 0 Å². The Morgan fingerprint density at radius 1 is 1.00 bits per heavy atom. The minimum absolute atomic E-state index is 0.0931. The topological polar surface area (TPSA) is 38.0 Å². The molecule has 0 radical (unpaired) electrons. The second-order valence-corrected chi connectivity index (χ2v) is 5.38. The first-order valence-electron chi connectivity index (χ1n) is 7.14. The minimum Gasteiger partial charge on any atom is -0.271 e. The van der Waals surface area contributed by atoms with E-state index < -0.39 is 17.7 Å². The van der Waals surface area contributed by atoms with Crippen LogP contribution < -0.4 is 11.3 Å². The fourth-order valence-corrected chi connectivity index (χ4v) is 3.08. The molecular weight excluding hydrogens is 246 g/mol. The van der Waals surface area contributed by atoms with Gasteiger partial charge in [-0.3, -0.25) is 11.3 Å². The summed E-state index contributed by atoms with van der Waals surface area (Å²) in [4.78, 5) is 0. The lowest BCUT2D eigenvalue weighted by molar-refractivity contribution is 0.279. The highest BCUT2D eigenvalue weighted by Crippen LogP contribution is 2.34. The van der Waals surface area contributed by atoms with Crippen molar-refractivity contribution in [2.75, 3.05) is 0 Å². The Morgan fingerprint density at radius 3 is 2.05 bits per heavy atom. The third-order valence-electron chi connectivity index (χ3n) is 4.11. The van der Waals surface area contributed by atoms with E-state index >= 15 is 0 Å². The van der Waals surface area contributed by atoms with Gasteiger partial charge >= 0.3 is 0 Å². The Balaban J connectivity index is 2.22. The maximum atomic E-state index is 13.9. The number of rotatable bonds is 3. The molecule has 1 atom stereocenters. The zero-order valence-electron chi connectivity index (χ0n) is 11.2. The summed E-state index contributed by atoms with van der Waals surface area (Å²) >= 11 is 0. The SMILES string of the molecule is NNC(c1c(F)cccc1F)C1CCCCCCC1. The molecule has 1 unspecified atom stereocenters. The molecule has 0 saturated heterocycles. The van der Waals surface area contributed by atoms with E-state index in [2.05, 4.69) is 5.43 Å². The number of hydrogen-bond acceptors (Lipinski definition) is 2. The number of hydrogen-bond donors (Lipinski definition) is 2. The van der Waals surface area contributed by atoms with Crippen LogP contribution in [0.1, 0.15) is 56.6 Å². The van der Waals surface area contributed by atoms with Gasteiger partial charge in [0.1, 0.15) is 11.6 Å². The average Bonchev–Trinajstić information content (AvgIpc) is 2.35. The summed E-state index contributed by atoms with van der Waals surface area (Å²) in [5.74, 6) is 4.77. The molecule has 3 N–H and O–H groups in total. The molecular formula is C15H22F2N2. The van der Waals surface area contributed by atoms with Gasteiger partial charge in [0.25, 0.3) is 0 Å². The Bertz CT molecular complexity index is 381. The summed E-state index contributed by atoms with van der Waals surface area (Å²) < 4.78 is 27.8. The van der Waals surface area contributed by atoms with E-state index in [9.17, 15) is 8.78 Å². The van der Waals surface area contributed by atoms with Crippen molar-refractivity contribution in [3.05, 3.63) is 35.4 Å². The molecule has 0 bridgehead atoms. The van der Waals surface area contributed by atoms with Crippen LogP contribution in [0.3, 0.4) is 0 Å². The molecule has 2 rings (SSSR count). The lowest BCUT2D eigenvalue weighted by Crippen LogP contribution is -2.35. The lowest BCUT2D eigenvalue weighted by atomic mass is 9.83. The molecule has 1 fully saturated rings. The number of benzene rings is 1. The third kappa shape index (κ3) is 3.51. The van der Waals surface area contributed by atoms with Crippen molar-refractivity contribution in [1.29, 1.82) is 0 Å². The average molecular weight is 268 g/mol. The zero-order chi connectivity index (χ0) is 13.7. The quantitative estimate of drug-likeness (QED) is 0.646. The van der Waals surface area contributed by atoms with Crippen LogP contribution in [0, 0.1) is 17.6 Å². The maximum Gasteiger partial charge on any atom is 0.130 e. The first-order valence-corrected chi connectivity index (χ1v) is 7.14. The summed E-state index contributed by atoms with van der Waals surface area (Å²) in [5, 5.41) is 0. The molecule has 1 saturated carbocycles. The molecule has 0 amide bonds. The van der Waals surface area contributed by atoms with Crippen molar-refractivity contribution in [1.82, 2.24) is 5.43 Å². The van der Waals surface area contributed by atoms with Crippen LogP contribution in [0.5, 0.6) is 0 Å². The lowest BCUT2D eigenvalue weighted by Gasteiger charge is -2.29. The molecule has 19 heavy (non-hydrogen) atoms. The molecule has 1 aliphatic rings. The van der Waals surface area contributed by atoms with Gasteiger partial charge in [-0.25, -0.2) is 8.78 Å². The molecule has 106 valence electrons. The number of halogens is 2. The van der Waals surface area contributed by atoms with Crippen LogP contribution in [0.25, 0.3) is 0 Å². The Labute approximate surface area is 113 Å². The minimum atomic E-state index is -0.509. The second kappa shape index (κ2) is 6.96. The van der Waals surface area contributed by atoms with E-state index in [1.165, 1.54) is 37.5 Å². The van der Waals surface area contributed by atoms with Gasteiger partial charge in [-0.2, -0.15) is 0 Å². The molecule has 0 aromatic heterocycles. The van der Waals surface area contributed by atoms with Crippen molar-refractivity contribution >= 4 is 0 Å². The van der Waals surface area contributed by atoms with Gasteiger partial charge in [-0.1, -0.05) is 38.2 Å². The van der Waals surface area contributed by atoms with Crippen LogP contribution in [-0.2, 0) is 0 Å². The number of hydrazine groups is 1. The van der Waals surface area contributed by atoms with E-state index in [0.717, 1.165) is 25.7 Å². The van der Waals surface area contributed by atoms with Crippen molar-refractivity contribution in [2.45, 2.75) is 51.0 Å². The molecule has 1 aliphatic carbocycles. The molecule has 0 spiro atoms. The highest BCUT2D eigenvalue weighted by atomic mass is 19.1. The first-order chi connectivity index (χ1) is 9.24. The number of nitrogens with one attached hydrogen (secondary N) is 1. The standard InChI is InChI=1S/C15H22F2N2/c16-12-9-6-10-13(17)14(12)15(19-18)11-7-4-2-1-3-5-8-11/h6,9-11,15,19H,1-5,7-8,18H2. The fourth-order valence-electron chi connectivity index (χ4n) is 3.08. The van der Waals surface area contributed by atoms with Crippen molar-refractivity contribution in [3.8, 4) is 0 Å². The summed E-state index contributed by atoms with van der Waals surface area (Å²) in [6.45, 7) is 0. The van der Waals surface area contributed by atoms with Crippen molar-refractivity contribution in [3.63, 3.8) is 0 Å². The van der Waals surface area contributed by atoms with Gasteiger partial charge in [-0.05, 0) is 30.9 Å². The summed E-state index contributed by atoms with van der Waals surface area (Å²) in [7, 11) is 0. The maximum absolute atomic E-state index is 13.9. The van der Waals surface area contributed by atoms with Crippen LogP contribution in [-0.4, -0.2) is 0 Å². The predicted molar refractivity (Wildman–Crippen MR) is 72.2 cm³/mol. The smallest absolute Gasteiger partial charge is 0.130 e. The molecule has 2 nitrogen and oxygen atoms in total. The monoisotopic (exact) mass is 268 g/mol. The van der Waals surface area contributed by atoms with Crippen molar-refractivity contribution < 1.29 is 8.78 Å². The molecule has 4 heteroatoms. The largest absolute Gasteiger partial charge is 0.271 e. The highest BCUT2D eigenvalue weighted by molar-refractivity contribution is 5.24. The van der Waals surface area contributed by atoms with Crippen LogP contribution >= 0.6 is 0 Å². The summed E-state index contributed by atoms with van der Waals surface area (Å²) in [6.07, 6.45) is 7.84. The van der Waals surface area contributed by atoms with Crippen LogP contribution in [0.4, 0.5) is 8.78 Å². The first kappa shape index (κ1) is 14.4. The molecule has 0 aliphatic heterocycles. The zero-order valence-corrected chi connectivity index (χ0v) is 11.2. The predicted octanol–water partition coefficient (Wildman–Crippen LogP) is 3.83. The van der Waals surface area contributed by atoms with Crippen molar-refractivity contribution in [2.24, 2.45) is 11.8 Å². The number of nitrogens with two attached hydrogens (primary N) is 1. The van der Waals surface area contributed by atoms with E-state index in [0.29, 0.717) is 0 Å². The van der Waals surface area contributed by atoms with Gasteiger partial charge in [-0.15, -0.1) is 0 Å². The third-order valence-corrected chi connectivity index (χ3v) is 4.11. The molecule has 0 heterocycles. The normalized spacial score (nSPS) is 19.7. The van der Waals surface area contributed by atoms with Gasteiger partial charge in [0.05, 0.1) is 6.04 Å². The molecule has 1 aromatic carbocycles. The summed E-state index contributed by atoms with van der Waals surface area (Å²) in [6, 6.07) is 3.55. The van der Waals surface area contributed by atoms with E-state index in [1.807, 2.05) is 0 Å². The Hall–Kier alpha value is -1.00. The highest BCUT2D eigenvalue weighted by Gasteiger charge is 2.27. The second-order valence-electron chi connectivity index (χ2n) is 5.38. The van der Waals surface area contributed by atoms with E-state index in [4.69, 9.17) is 5.84 Å².